The molecule has 1 fully saturated rings. The van der Waals surface area contributed by atoms with Gasteiger partial charge in [0, 0.05) is 6.04 Å². The highest BCUT2D eigenvalue weighted by molar-refractivity contribution is 5.74. The van der Waals surface area contributed by atoms with Gasteiger partial charge in [0.25, 0.3) is 0 Å². The molecule has 4 heteroatoms. The third kappa shape index (κ3) is 3.02. The summed E-state index contributed by atoms with van der Waals surface area (Å²) in [5.74, 6) is 1.43. The van der Waals surface area contributed by atoms with Gasteiger partial charge in [-0.2, -0.15) is 0 Å². The number of amides is 2. The van der Waals surface area contributed by atoms with Crippen LogP contribution in [0.4, 0.5) is 4.79 Å². The molecule has 0 aromatic carbocycles. The lowest BCUT2D eigenvalue weighted by atomic mass is 9.80. The average Bonchev–Trinajstić information content (AvgIpc) is 2.66. The minimum Gasteiger partial charge on any atom is -0.467 e. The van der Waals surface area contributed by atoms with Gasteiger partial charge in [-0.3, -0.25) is 0 Å². The van der Waals surface area contributed by atoms with Crippen molar-refractivity contribution in [3.8, 4) is 0 Å². The van der Waals surface area contributed by atoms with Crippen LogP contribution >= 0.6 is 0 Å². The summed E-state index contributed by atoms with van der Waals surface area (Å²) >= 11 is 0. The van der Waals surface area contributed by atoms with E-state index in [4.69, 9.17) is 4.42 Å². The van der Waals surface area contributed by atoms with Crippen molar-refractivity contribution in [3.63, 3.8) is 0 Å². The molecule has 0 spiro atoms. The molecule has 1 aliphatic rings. The Hall–Kier alpha value is -1.45. The van der Waals surface area contributed by atoms with Gasteiger partial charge < -0.3 is 15.1 Å². The molecule has 1 aliphatic carbocycles. The molecule has 0 radical (unpaired) electrons. The number of carbonyl (C=O) groups excluding carboxylic acids is 1. The third-order valence-corrected chi connectivity index (χ3v) is 3.53. The number of carbonyl (C=O) groups is 1. The maximum Gasteiger partial charge on any atom is 0.315 e. The average molecular weight is 236 g/mol. The molecular weight excluding hydrogens is 216 g/mol. The zero-order valence-corrected chi connectivity index (χ0v) is 10.4. The second-order valence-corrected chi connectivity index (χ2v) is 4.83. The maximum atomic E-state index is 11.7. The van der Waals surface area contributed by atoms with E-state index in [1.54, 1.807) is 6.26 Å². The zero-order valence-electron chi connectivity index (χ0n) is 10.4. The second-order valence-electron chi connectivity index (χ2n) is 4.83. The predicted molar refractivity (Wildman–Crippen MR) is 65.6 cm³/mol. The van der Waals surface area contributed by atoms with Gasteiger partial charge in [-0.1, -0.05) is 6.42 Å². The Labute approximate surface area is 102 Å². The molecule has 0 saturated heterocycles. The van der Waals surface area contributed by atoms with Crippen molar-refractivity contribution in [3.05, 3.63) is 24.2 Å². The van der Waals surface area contributed by atoms with Gasteiger partial charge in [0.15, 0.2) is 0 Å². The first kappa shape index (κ1) is 12.0. The number of urea groups is 1. The van der Waals surface area contributed by atoms with E-state index in [-0.39, 0.29) is 18.1 Å². The van der Waals surface area contributed by atoms with Crippen LogP contribution in [0.1, 0.15) is 44.9 Å². The van der Waals surface area contributed by atoms with Crippen molar-refractivity contribution in [2.24, 2.45) is 5.92 Å². The fourth-order valence-corrected chi connectivity index (χ4v) is 2.11. The second kappa shape index (κ2) is 5.25. The summed E-state index contributed by atoms with van der Waals surface area (Å²) in [6.07, 6.45) is 5.37. The Kier molecular flexibility index (Phi) is 3.71. The molecule has 1 aromatic heterocycles. The Morgan fingerprint density at radius 3 is 2.71 bits per heavy atom. The molecule has 4 nitrogen and oxygen atoms in total. The molecule has 0 unspecified atom stereocenters. The topological polar surface area (TPSA) is 54.3 Å². The third-order valence-electron chi connectivity index (χ3n) is 3.53. The fraction of sp³-hybridized carbons (Fsp3) is 0.615. The minimum absolute atomic E-state index is 0.0985. The Bertz CT molecular complexity index is 358. The first-order valence-corrected chi connectivity index (χ1v) is 6.27. The molecule has 17 heavy (non-hydrogen) atoms. The molecular formula is C13H20N2O2. The standard InChI is InChI=1S/C13H20N2O2/c1-9(11-5-3-6-11)14-13(16)15-10(2)12-7-4-8-17-12/h4,7-11H,3,5-6H2,1-2H3,(H2,14,15,16)/t9-,10+/m1/s1. The summed E-state index contributed by atoms with van der Waals surface area (Å²) in [5, 5.41) is 5.86. The van der Waals surface area contributed by atoms with Crippen molar-refractivity contribution in [1.29, 1.82) is 0 Å². The summed E-state index contributed by atoms with van der Waals surface area (Å²) in [5.41, 5.74) is 0. The predicted octanol–water partition coefficient (Wildman–Crippen LogP) is 2.83. The van der Waals surface area contributed by atoms with Crippen LogP contribution in [0.25, 0.3) is 0 Å². The molecule has 94 valence electrons. The maximum absolute atomic E-state index is 11.7. The molecule has 1 heterocycles. The van der Waals surface area contributed by atoms with Crippen LogP contribution in [0.5, 0.6) is 0 Å². The van der Waals surface area contributed by atoms with Crippen LogP contribution in [0.3, 0.4) is 0 Å². The van der Waals surface area contributed by atoms with Crippen LogP contribution in [-0.2, 0) is 0 Å². The van der Waals surface area contributed by atoms with Crippen LogP contribution < -0.4 is 10.6 Å². The van der Waals surface area contributed by atoms with Crippen LogP contribution in [0.2, 0.25) is 0 Å². The first-order chi connectivity index (χ1) is 8.16. The summed E-state index contributed by atoms with van der Waals surface area (Å²) in [4.78, 5) is 11.7. The van der Waals surface area contributed by atoms with E-state index in [9.17, 15) is 4.79 Å². The van der Waals surface area contributed by atoms with Gasteiger partial charge in [-0.15, -0.1) is 0 Å². The van der Waals surface area contributed by atoms with E-state index in [1.165, 1.54) is 19.3 Å². The molecule has 1 aromatic rings. The zero-order chi connectivity index (χ0) is 12.3. The smallest absolute Gasteiger partial charge is 0.315 e. The van der Waals surface area contributed by atoms with Crippen molar-refractivity contribution < 1.29 is 9.21 Å². The summed E-state index contributed by atoms with van der Waals surface area (Å²) in [6.45, 7) is 3.98. The quantitative estimate of drug-likeness (QED) is 0.844. The summed E-state index contributed by atoms with van der Waals surface area (Å²) in [6, 6.07) is 3.72. The highest BCUT2D eigenvalue weighted by Gasteiger charge is 2.25. The lowest BCUT2D eigenvalue weighted by molar-refractivity contribution is 0.210. The van der Waals surface area contributed by atoms with E-state index in [0.29, 0.717) is 5.92 Å². The fourth-order valence-electron chi connectivity index (χ4n) is 2.11. The SMILES string of the molecule is C[C@H](NC(=O)N[C@H](C)C1CCC1)c1ccco1. The number of rotatable bonds is 4. The number of furan rings is 1. The molecule has 1 saturated carbocycles. The van der Waals surface area contributed by atoms with Crippen LogP contribution in [0, 0.1) is 5.92 Å². The Balaban J connectivity index is 1.76. The van der Waals surface area contributed by atoms with Gasteiger partial charge in [0.1, 0.15) is 5.76 Å². The van der Waals surface area contributed by atoms with Gasteiger partial charge >= 0.3 is 6.03 Å². The highest BCUT2D eigenvalue weighted by atomic mass is 16.3. The molecule has 2 atom stereocenters. The van der Waals surface area contributed by atoms with Crippen LogP contribution in [-0.4, -0.2) is 12.1 Å². The van der Waals surface area contributed by atoms with Gasteiger partial charge in [0.2, 0.25) is 0 Å². The van der Waals surface area contributed by atoms with E-state index in [2.05, 4.69) is 17.6 Å². The van der Waals surface area contributed by atoms with Crippen molar-refractivity contribution in [1.82, 2.24) is 10.6 Å². The van der Waals surface area contributed by atoms with Gasteiger partial charge in [-0.25, -0.2) is 4.79 Å². The van der Waals surface area contributed by atoms with E-state index < -0.39 is 0 Å². The normalized spacial score (nSPS) is 19.2. The number of nitrogens with one attached hydrogen (secondary N) is 2. The summed E-state index contributed by atoms with van der Waals surface area (Å²) in [7, 11) is 0. The lowest BCUT2D eigenvalue weighted by Crippen LogP contribution is -2.46. The molecule has 2 rings (SSSR count). The van der Waals surface area contributed by atoms with Crippen molar-refractivity contribution >= 4 is 6.03 Å². The number of hydrogen-bond acceptors (Lipinski definition) is 2. The lowest BCUT2D eigenvalue weighted by Gasteiger charge is -2.32. The van der Waals surface area contributed by atoms with E-state index in [0.717, 1.165) is 5.76 Å². The highest BCUT2D eigenvalue weighted by Crippen LogP contribution is 2.29. The molecule has 0 bridgehead atoms. The van der Waals surface area contributed by atoms with Crippen molar-refractivity contribution in [2.45, 2.75) is 45.2 Å². The Morgan fingerprint density at radius 2 is 2.18 bits per heavy atom. The molecule has 2 N–H and O–H groups in total. The monoisotopic (exact) mass is 236 g/mol. The first-order valence-electron chi connectivity index (χ1n) is 6.27. The van der Waals surface area contributed by atoms with Gasteiger partial charge in [-0.05, 0) is 44.7 Å². The minimum atomic E-state index is -0.117. The molecule has 2 amide bonds. The summed E-state index contributed by atoms with van der Waals surface area (Å²) < 4.78 is 5.24. The van der Waals surface area contributed by atoms with Gasteiger partial charge in [0.05, 0.1) is 12.3 Å². The largest absolute Gasteiger partial charge is 0.467 e. The number of hydrogen-bond donors (Lipinski definition) is 2. The Morgan fingerprint density at radius 1 is 1.41 bits per heavy atom. The van der Waals surface area contributed by atoms with Crippen LogP contribution in [0.15, 0.2) is 22.8 Å². The van der Waals surface area contributed by atoms with Crippen molar-refractivity contribution in [2.75, 3.05) is 0 Å². The van der Waals surface area contributed by atoms with E-state index >= 15 is 0 Å². The molecule has 0 aliphatic heterocycles. The van der Waals surface area contributed by atoms with E-state index in [1.807, 2.05) is 19.1 Å².